The second-order valence-electron chi connectivity index (χ2n) is 9.64. The first-order valence-electron chi connectivity index (χ1n) is 10.3. The van der Waals surface area contributed by atoms with Gasteiger partial charge in [0.05, 0.1) is 12.0 Å². The van der Waals surface area contributed by atoms with Crippen LogP contribution in [0, 0.1) is 51.8 Å². The Morgan fingerprint density at radius 3 is 2.62 bits per heavy atom. The lowest BCUT2D eigenvalue weighted by atomic mass is 9.44. The largest absolute Gasteiger partial charge is 0.289 e. The number of hydrogen-bond donors (Lipinski definition) is 0. The van der Waals surface area contributed by atoms with Crippen molar-refractivity contribution in [2.24, 2.45) is 40.4 Å². The van der Waals surface area contributed by atoms with E-state index in [9.17, 15) is 10.1 Å². The molecule has 138 valence electrons. The first-order chi connectivity index (χ1) is 12.3. The van der Waals surface area contributed by atoms with Crippen LogP contribution in [-0.2, 0) is 4.79 Å². The summed E-state index contributed by atoms with van der Waals surface area (Å²) >= 11 is 0. The molecule has 26 heavy (non-hydrogen) atoms. The third-order valence-corrected chi connectivity index (χ3v) is 9.00. The quantitative estimate of drug-likeness (QED) is 0.576. The molecule has 0 aromatic heterocycles. The molecular formula is C24H31NO. The molecule has 0 aromatic rings. The Labute approximate surface area is 158 Å². The molecule has 4 aliphatic rings. The Bertz CT molecular complexity index is 768. The van der Waals surface area contributed by atoms with Gasteiger partial charge >= 0.3 is 0 Å². The SMILES string of the molecule is C=C1C(=C)[C@@]2(C)C(=CC1=O)[C@@H](CC)C[C@@H]1[C@@H]2CC[C@]2(C)[C@@H](C#N)CC[C@@H]12. The van der Waals surface area contributed by atoms with Crippen molar-refractivity contribution in [1.29, 1.82) is 5.26 Å². The molecule has 4 rings (SSSR count). The van der Waals surface area contributed by atoms with Gasteiger partial charge in [0.2, 0.25) is 0 Å². The van der Waals surface area contributed by atoms with Gasteiger partial charge < -0.3 is 0 Å². The van der Waals surface area contributed by atoms with Crippen LogP contribution in [-0.4, -0.2) is 5.78 Å². The zero-order valence-corrected chi connectivity index (χ0v) is 16.5. The molecule has 0 spiro atoms. The summed E-state index contributed by atoms with van der Waals surface area (Å²) in [4.78, 5) is 12.5. The van der Waals surface area contributed by atoms with E-state index in [2.05, 4.69) is 40.0 Å². The molecule has 0 radical (unpaired) electrons. The number of hydrogen-bond acceptors (Lipinski definition) is 2. The topological polar surface area (TPSA) is 40.9 Å². The highest BCUT2D eigenvalue weighted by atomic mass is 16.1. The zero-order valence-electron chi connectivity index (χ0n) is 16.5. The smallest absolute Gasteiger partial charge is 0.185 e. The summed E-state index contributed by atoms with van der Waals surface area (Å²) in [7, 11) is 0. The third kappa shape index (κ3) is 2.01. The van der Waals surface area contributed by atoms with Crippen molar-refractivity contribution >= 4 is 5.78 Å². The molecule has 4 aliphatic carbocycles. The highest BCUT2D eigenvalue weighted by Gasteiger charge is 2.61. The minimum absolute atomic E-state index is 0.0606. The number of fused-ring (bicyclic) bond motifs is 5. The van der Waals surface area contributed by atoms with Crippen molar-refractivity contribution in [3.8, 4) is 6.07 Å². The Morgan fingerprint density at radius 1 is 1.23 bits per heavy atom. The van der Waals surface area contributed by atoms with Crippen LogP contribution in [0.5, 0.6) is 0 Å². The number of nitrogens with zero attached hydrogens (tertiary/aromatic N) is 1. The maximum absolute atomic E-state index is 12.5. The van der Waals surface area contributed by atoms with Crippen molar-refractivity contribution in [2.75, 3.05) is 0 Å². The molecule has 0 aliphatic heterocycles. The van der Waals surface area contributed by atoms with Gasteiger partial charge in [-0.05, 0) is 79.3 Å². The summed E-state index contributed by atoms with van der Waals surface area (Å²) in [6.45, 7) is 15.4. The molecule has 0 heterocycles. The molecule has 0 aromatic carbocycles. The van der Waals surface area contributed by atoms with E-state index in [4.69, 9.17) is 0 Å². The number of ketones is 1. The normalized spacial score (nSPS) is 47.5. The van der Waals surface area contributed by atoms with Gasteiger partial charge in [-0.15, -0.1) is 0 Å². The molecule has 3 saturated carbocycles. The summed E-state index contributed by atoms with van der Waals surface area (Å²) in [5, 5.41) is 9.69. The van der Waals surface area contributed by atoms with Crippen LogP contribution in [0.25, 0.3) is 0 Å². The van der Waals surface area contributed by atoms with Crippen LogP contribution in [0.1, 0.15) is 59.3 Å². The predicted molar refractivity (Wildman–Crippen MR) is 104 cm³/mol. The van der Waals surface area contributed by atoms with Crippen molar-refractivity contribution in [3.63, 3.8) is 0 Å². The van der Waals surface area contributed by atoms with E-state index < -0.39 is 0 Å². The van der Waals surface area contributed by atoms with Crippen molar-refractivity contribution in [3.05, 3.63) is 36.0 Å². The zero-order chi connectivity index (χ0) is 18.9. The molecular weight excluding hydrogens is 318 g/mol. The highest BCUT2D eigenvalue weighted by molar-refractivity contribution is 6.09. The van der Waals surface area contributed by atoms with Gasteiger partial charge in [-0.3, -0.25) is 4.79 Å². The van der Waals surface area contributed by atoms with Crippen molar-refractivity contribution < 1.29 is 4.79 Å². The van der Waals surface area contributed by atoms with Crippen molar-refractivity contribution in [2.45, 2.75) is 59.3 Å². The fourth-order valence-corrected chi connectivity index (χ4v) is 7.38. The second kappa shape index (κ2) is 5.69. The van der Waals surface area contributed by atoms with E-state index in [-0.39, 0.29) is 22.5 Å². The third-order valence-electron chi connectivity index (χ3n) is 9.00. The Hall–Kier alpha value is -1.62. The predicted octanol–water partition coefficient (Wildman–Crippen LogP) is 5.63. The van der Waals surface area contributed by atoms with E-state index in [1.165, 1.54) is 18.4 Å². The minimum atomic E-state index is -0.124. The molecule has 0 saturated heterocycles. The number of rotatable bonds is 1. The molecule has 0 amide bonds. The van der Waals surface area contributed by atoms with Crippen LogP contribution in [0.15, 0.2) is 36.0 Å². The van der Waals surface area contributed by atoms with Crippen LogP contribution < -0.4 is 0 Å². The highest BCUT2D eigenvalue weighted by Crippen LogP contribution is 2.68. The van der Waals surface area contributed by atoms with Gasteiger partial charge in [0.1, 0.15) is 0 Å². The standard InChI is InChI=1S/C24H31NO/c1-6-16-11-18-19-8-7-17(13-25)23(19,4)10-9-20(18)24(5)15(3)14(2)22(26)12-21(16)24/h12,16-20H,2-3,6-11H2,1,4-5H3/t16-,17+,18-,19-,20-,23+,24+/m0/s1. The van der Waals surface area contributed by atoms with Gasteiger partial charge in [-0.1, -0.05) is 39.5 Å². The summed E-state index contributed by atoms with van der Waals surface area (Å²) in [5.74, 6) is 2.53. The summed E-state index contributed by atoms with van der Waals surface area (Å²) < 4.78 is 0. The summed E-state index contributed by atoms with van der Waals surface area (Å²) in [5.41, 5.74) is 2.95. The molecule has 2 nitrogen and oxygen atoms in total. The Balaban J connectivity index is 1.81. The van der Waals surface area contributed by atoms with E-state index in [0.717, 1.165) is 31.3 Å². The molecule has 0 N–H and O–H groups in total. The van der Waals surface area contributed by atoms with Crippen LogP contribution in [0.4, 0.5) is 0 Å². The van der Waals surface area contributed by atoms with Gasteiger partial charge in [0, 0.05) is 11.0 Å². The maximum Gasteiger partial charge on any atom is 0.185 e. The average Bonchev–Trinajstić information content (AvgIpc) is 2.97. The number of carbonyl (C=O) groups excluding carboxylic acids is 1. The first-order valence-corrected chi connectivity index (χ1v) is 10.3. The lowest BCUT2D eigenvalue weighted by Crippen LogP contribution is -2.53. The van der Waals surface area contributed by atoms with Gasteiger partial charge in [0.15, 0.2) is 5.78 Å². The summed E-state index contributed by atoms with van der Waals surface area (Å²) in [6, 6.07) is 2.62. The Kier molecular flexibility index (Phi) is 3.89. The minimum Gasteiger partial charge on any atom is -0.289 e. The summed E-state index contributed by atoms with van der Waals surface area (Å²) in [6.07, 6.45) is 8.67. The van der Waals surface area contributed by atoms with E-state index in [1.807, 2.05) is 6.08 Å². The maximum atomic E-state index is 12.5. The van der Waals surface area contributed by atoms with Gasteiger partial charge in [-0.25, -0.2) is 0 Å². The number of nitriles is 1. The van der Waals surface area contributed by atoms with Gasteiger partial charge in [-0.2, -0.15) is 5.26 Å². The van der Waals surface area contributed by atoms with Crippen LogP contribution in [0.3, 0.4) is 0 Å². The number of carbonyl (C=O) groups is 1. The van der Waals surface area contributed by atoms with Gasteiger partial charge in [0.25, 0.3) is 0 Å². The monoisotopic (exact) mass is 349 g/mol. The molecule has 0 unspecified atom stereocenters. The van der Waals surface area contributed by atoms with E-state index in [1.54, 1.807) is 0 Å². The van der Waals surface area contributed by atoms with Crippen LogP contribution >= 0.6 is 0 Å². The fourth-order valence-electron chi connectivity index (χ4n) is 7.38. The average molecular weight is 350 g/mol. The molecule has 0 bridgehead atoms. The molecule has 2 heteroatoms. The van der Waals surface area contributed by atoms with E-state index >= 15 is 0 Å². The lowest BCUT2D eigenvalue weighted by Gasteiger charge is -2.60. The van der Waals surface area contributed by atoms with E-state index in [0.29, 0.717) is 29.2 Å². The molecule has 7 atom stereocenters. The first kappa shape index (κ1) is 17.8. The fraction of sp³-hybridized carbons (Fsp3) is 0.667. The Morgan fingerprint density at radius 2 is 1.96 bits per heavy atom. The van der Waals surface area contributed by atoms with Crippen LogP contribution in [0.2, 0.25) is 0 Å². The lowest BCUT2D eigenvalue weighted by molar-refractivity contribution is -0.112. The second-order valence-corrected chi connectivity index (χ2v) is 9.64. The van der Waals surface area contributed by atoms with Crippen molar-refractivity contribution in [1.82, 2.24) is 0 Å². The number of allylic oxidation sites excluding steroid dienone is 3. The molecule has 3 fully saturated rings.